The molecular formula is C25H21N7O4. The van der Waals surface area contributed by atoms with Crippen LogP contribution in [0.3, 0.4) is 0 Å². The number of rotatable bonds is 6. The number of aromatic nitrogens is 4. The van der Waals surface area contributed by atoms with Crippen molar-refractivity contribution in [2.45, 2.75) is 13.0 Å². The Balaban J connectivity index is 1.66. The molecule has 2 N–H and O–H groups in total. The lowest BCUT2D eigenvalue weighted by Gasteiger charge is -2.28. The van der Waals surface area contributed by atoms with Crippen molar-refractivity contribution in [3.63, 3.8) is 0 Å². The Morgan fingerprint density at radius 1 is 1.14 bits per heavy atom. The summed E-state index contributed by atoms with van der Waals surface area (Å²) in [6.07, 6.45) is 3.26. The second kappa shape index (κ2) is 9.29. The predicted molar refractivity (Wildman–Crippen MR) is 132 cm³/mol. The third kappa shape index (κ3) is 4.02. The second-order valence-electron chi connectivity index (χ2n) is 7.98. The number of nitro groups is 1. The third-order valence-corrected chi connectivity index (χ3v) is 5.80. The summed E-state index contributed by atoms with van der Waals surface area (Å²) < 4.78 is 6.86. The van der Waals surface area contributed by atoms with E-state index in [0.29, 0.717) is 40.0 Å². The zero-order valence-electron chi connectivity index (χ0n) is 19.4. The van der Waals surface area contributed by atoms with Crippen molar-refractivity contribution in [2.75, 3.05) is 17.7 Å². The summed E-state index contributed by atoms with van der Waals surface area (Å²) in [5, 5.41) is 22.6. The molecule has 1 atom stereocenters. The summed E-state index contributed by atoms with van der Waals surface area (Å²) in [6.45, 7) is 1.72. The molecule has 5 rings (SSSR count). The first-order valence-corrected chi connectivity index (χ1v) is 11.0. The minimum atomic E-state index is -0.921. The normalized spacial score (nSPS) is 14.6. The number of nitrogens with one attached hydrogen (secondary N) is 2. The third-order valence-electron chi connectivity index (χ3n) is 5.80. The number of amides is 1. The average molecular weight is 483 g/mol. The number of pyridine rings is 1. The van der Waals surface area contributed by atoms with E-state index in [-0.39, 0.29) is 11.3 Å². The lowest BCUT2D eigenvalue weighted by Crippen LogP contribution is -2.32. The monoisotopic (exact) mass is 483 g/mol. The van der Waals surface area contributed by atoms with Crippen molar-refractivity contribution in [3.8, 4) is 17.1 Å². The summed E-state index contributed by atoms with van der Waals surface area (Å²) in [5.74, 6) is 0.740. The van der Waals surface area contributed by atoms with Crippen LogP contribution in [0.2, 0.25) is 0 Å². The van der Waals surface area contributed by atoms with Crippen LogP contribution in [0.5, 0.6) is 5.75 Å². The first-order valence-electron chi connectivity index (χ1n) is 11.0. The summed E-state index contributed by atoms with van der Waals surface area (Å²) >= 11 is 0. The molecule has 2 aromatic heterocycles. The van der Waals surface area contributed by atoms with Crippen LogP contribution in [0.4, 0.5) is 17.3 Å². The van der Waals surface area contributed by atoms with E-state index in [1.807, 2.05) is 6.07 Å². The van der Waals surface area contributed by atoms with E-state index in [2.05, 4.69) is 25.7 Å². The second-order valence-corrected chi connectivity index (χ2v) is 7.98. The fourth-order valence-corrected chi connectivity index (χ4v) is 4.17. The fourth-order valence-electron chi connectivity index (χ4n) is 4.17. The summed E-state index contributed by atoms with van der Waals surface area (Å²) in [5.41, 5.74) is 2.04. The lowest BCUT2D eigenvalue weighted by atomic mass is 9.93. The molecule has 0 saturated heterocycles. The average Bonchev–Trinajstić information content (AvgIpc) is 3.32. The predicted octanol–water partition coefficient (Wildman–Crippen LogP) is 4.18. The number of ether oxygens (including phenoxy) is 1. The molecule has 180 valence electrons. The van der Waals surface area contributed by atoms with Gasteiger partial charge in [0.05, 0.1) is 28.9 Å². The van der Waals surface area contributed by atoms with Gasteiger partial charge in [-0.05, 0) is 37.3 Å². The molecule has 0 radical (unpaired) electrons. The lowest BCUT2D eigenvalue weighted by molar-refractivity contribution is -0.385. The van der Waals surface area contributed by atoms with Crippen LogP contribution in [0, 0.1) is 10.1 Å². The largest absolute Gasteiger partial charge is 0.495 e. The van der Waals surface area contributed by atoms with Gasteiger partial charge in [0.15, 0.2) is 5.82 Å². The van der Waals surface area contributed by atoms with Gasteiger partial charge in [-0.3, -0.25) is 19.9 Å². The van der Waals surface area contributed by atoms with Crippen LogP contribution in [0.25, 0.3) is 11.4 Å². The number of methoxy groups -OCH3 is 1. The quantitative estimate of drug-likeness (QED) is 0.308. The van der Waals surface area contributed by atoms with Gasteiger partial charge in [0.25, 0.3) is 11.6 Å². The Morgan fingerprint density at radius 2 is 1.92 bits per heavy atom. The zero-order valence-corrected chi connectivity index (χ0v) is 19.4. The number of anilines is 2. The smallest absolute Gasteiger partial charge is 0.275 e. The number of hydrogen-bond acceptors (Lipinski definition) is 8. The number of carbonyl (C=O) groups is 1. The Labute approximate surface area is 205 Å². The molecule has 0 saturated carbocycles. The molecule has 2 aromatic carbocycles. The van der Waals surface area contributed by atoms with Crippen LogP contribution in [-0.4, -0.2) is 37.7 Å². The topological polar surface area (TPSA) is 137 Å². The highest BCUT2D eigenvalue weighted by molar-refractivity contribution is 6.06. The number of nitro benzene ring substituents is 1. The first-order chi connectivity index (χ1) is 17.5. The SMILES string of the molecule is COc1ccccc1NC(=O)C1=C(C)Nc2nc(-c3cccnc3)nn2C1c1ccccc1[N+](=O)[O-]. The van der Waals surface area contributed by atoms with Crippen LogP contribution < -0.4 is 15.4 Å². The number of hydrogen-bond donors (Lipinski definition) is 2. The van der Waals surface area contributed by atoms with Gasteiger partial charge in [-0.25, -0.2) is 4.68 Å². The van der Waals surface area contributed by atoms with Crippen molar-refractivity contribution in [3.05, 3.63) is 100 Å². The molecule has 1 aliphatic heterocycles. The van der Waals surface area contributed by atoms with Crippen molar-refractivity contribution in [1.29, 1.82) is 0 Å². The van der Waals surface area contributed by atoms with Crippen LogP contribution >= 0.6 is 0 Å². The van der Waals surface area contributed by atoms with Gasteiger partial charge in [0.1, 0.15) is 11.8 Å². The molecule has 1 amide bonds. The van der Waals surface area contributed by atoms with E-state index < -0.39 is 16.9 Å². The van der Waals surface area contributed by atoms with E-state index >= 15 is 0 Å². The minimum Gasteiger partial charge on any atom is -0.495 e. The van der Waals surface area contributed by atoms with Gasteiger partial charge < -0.3 is 15.4 Å². The molecule has 0 aliphatic carbocycles. The number of para-hydroxylation sites is 3. The number of benzene rings is 2. The molecule has 0 spiro atoms. The standard InChI is InChI=1S/C25H21N7O4/c1-15-21(24(33)28-18-10-4-6-12-20(18)36-2)22(17-9-3-5-11-19(17)32(34)35)31-25(27-15)29-23(30-31)16-8-7-13-26-14-16/h3-14,22H,1-2H3,(H,28,33)(H,27,29,30). The van der Waals surface area contributed by atoms with Gasteiger partial charge in [-0.15, -0.1) is 5.10 Å². The first kappa shape index (κ1) is 22.7. The van der Waals surface area contributed by atoms with Crippen molar-refractivity contribution < 1.29 is 14.5 Å². The fraction of sp³-hybridized carbons (Fsp3) is 0.120. The highest BCUT2D eigenvalue weighted by atomic mass is 16.6. The van der Waals surface area contributed by atoms with E-state index in [9.17, 15) is 14.9 Å². The maximum absolute atomic E-state index is 13.7. The number of nitrogens with zero attached hydrogens (tertiary/aromatic N) is 5. The molecule has 4 aromatic rings. The molecule has 0 bridgehead atoms. The Morgan fingerprint density at radius 3 is 2.67 bits per heavy atom. The minimum absolute atomic E-state index is 0.135. The van der Waals surface area contributed by atoms with Crippen LogP contribution in [-0.2, 0) is 4.79 Å². The molecule has 36 heavy (non-hydrogen) atoms. The molecule has 3 heterocycles. The van der Waals surface area contributed by atoms with E-state index in [1.54, 1.807) is 67.8 Å². The van der Waals surface area contributed by atoms with Gasteiger partial charge in [0, 0.05) is 29.7 Å². The Bertz CT molecular complexity index is 1500. The van der Waals surface area contributed by atoms with E-state index in [1.165, 1.54) is 17.9 Å². The zero-order chi connectivity index (χ0) is 25.2. The van der Waals surface area contributed by atoms with Crippen molar-refractivity contribution in [1.82, 2.24) is 19.7 Å². The number of carbonyl (C=O) groups excluding carboxylic acids is 1. The Kier molecular flexibility index (Phi) is 5.87. The summed E-state index contributed by atoms with van der Waals surface area (Å²) in [6, 6.07) is 15.9. The molecule has 1 aliphatic rings. The van der Waals surface area contributed by atoms with Gasteiger partial charge >= 0.3 is 0 Å². The number of fused-ring (bicyclic) bond motifs is 1. The van der Waals surface area contributed by atoms with Crippen molar-refractivity contribution >= 4 is 23.2 Å². The molecular weight excluding hydrogens is 462 g/mol. The van der Waals surface area contributed by atoms with Crippen LogP contribution in [0.15, 0.2) is 84.3 Å². The molecule has 0 fully saturated rings. The van der Waals surface area contributed by atoms with Gasteiger partial charge in [-0.2, -0.15) is 4.98 Å². The molecule has 11 heteroatoms. The van der Waals surface area contributed by atoms with Gasteiger partial charge in [0.2, 0.25) is 5.95 Å². The van der Waals surface area contributed by atoms with Crippen molar-refractivity contribution in [2.24, 2.45) is 0 Å². The maximum atomic E-state index is 13.7. The van der Waals surface area contributed by atoms with E-state index in [0.717, 1.165) is 0 Å². The maximum Gasteiger partial charge on any atom is 0.275 e. The Hall–Kier alpha value is -5.06. The highest BCUT2D eigenvalue weighted by Crippen LogP contribution is 2.40. The summed E-state index contributed by atoms with van der Waals surface area (Å²) in [4.78, 5) is 33.8. The highest BCUT2D eigenvalue weighted by Gasteiger charge is 2.38. The summed E-state index contributed by atoms with van der Waals surface area (Å²) in [7, 11) is 1.51. The molecule has 1 unspecified atom stereocenters. The molecule has 11 nitrogen and oxygen atoms in total. The van der Waals surface area contributed by atoms with E-state index in [4.69, 9.17) is 4.74 Å². The number of allylic oxidation sites excluding steroid dienone is 1. The van der Waals surface area contributed by atoms with Gasteiger partial charge in [-0.1, -0.05) is 24.3 Å². The van der Waals surface area contributed by atoms with Crippen LogP contribution in [0.1, 0.15) is 18.5 Å².